The monoisotopic (exact) mass is 308 g/mol. The summed E-state index contributed by atoms with van der Waals surface area (Å²) in [7, 11) is 3.10. The fourth-order valence-corrected chi connectivity index (χ4v) is 2.52. The minimum atomic E-state index is -0.572. The topological polar surface area (TPSA) is 102 Å². The van der Waals surface area contributed by atoms with Gasteiger partial charge in [-0.2, -0.15) is 0 Å². The number of methoxy groups -OCH3 is 2. The second kappa shape index (κ2) is 5.63. The van der Waals surface area contributed by atoms with Crippen LogP contribution in [0.25, 0.3) is 0 Å². The van der Waals surface area contributed by atoms with E-state index >= 15 is 0 Å². The number of carbonyl (C=O) groups excluding carboxylic acids is 1. The van der Waals surface area contributed by atoms with Crippen molar-refractivity contribution in [1.29, 1.82) is 0 Å². The van der Waals surface area contributed by atoms with Crippen molar-refractivity contribution in [2.75, 3.05) is 21.0 Å². The van der Waals surface area contributed by atoms with Gasteiger partial charge in [-0.15, -0.1) is 0 Å². The van der Waals surface area contributed by atoms with Crippen molar-refractivity contribution in [3.8, 4) is 23.0 Å². The Kier molecular flexibility index (Phi) is 3.66. The highest BCUT2D eigenvalue weighted by atomic mass is 16.7. The van der Waals surface area contributed by atoms with Gasteiger partial charge in [-0.1, -0.05) is 5.16 Å². The number of benzene rings is 1. The van der Waals surface area contributed by atoms with Crippen molar-refractivity contribution in [2.45, 2.75) is 18.9 Å². The lowest BCUT2D eigenvalue weighted by Gasteiger charge is -2.15. The highest BCUT2D eigenvalue weighted by Gasteiger charge is 2.30. The van der Waals surface area contributed by atoms with Crippen LogP contribution in [0.5, 0.6) is 23.0 Å². The van der Waals surface area contributed by atoms with Gasteiger partial charge in [0, 0.05) is 18.4 Å². The minimum absolute atomic E-state index is 0.111. The van der Waals surface area contributed by atoms with Crippen LogP contribution < -0.4 is 24.7 Å². The van der Waals surface area contributed by atoms with Crippen molar-refractivity contribution < 1.29 is 28.6 Å². The van der Waals surface area contributed by atoms with E-state index in [9.17, 15) is 4.79 Å². The van der Waals surface area contributed by atoms with Gasteiger partial charge in [0.15, 0.2) is 11.5 Å². The first kappa shape index (κ1) is 14.3. The second-order valence-corrected chi connectivity index (χ2v) is 4.87. The summed E-state index contributed by atoms with van der Waals surface area (Å²) in [6, 6.07) is 1.80. The third-order valence-corrected chi connectivity index (χ3v) is 3.53. The molecule has 1 atom stereocenters. The number of rotatable bonds is 5. The lowest BCUT2D eigenvalue weighted by atomic mass is 10.0. The molecule has 0 saturated heterocycles. The second-order valence-electron chi connectivity index (χ2n) is 4.87. The molecule has 2 heterocycles. The van der Waals surface area contributed by atoms with E-state index in [1.807, 2.05) is 0 Å². The Morgan fingerprint density at radius 1 is 1.36 bits per heavy atom. The molecular formula is C14H16N2O6. The van der Waals surface area contributed by atoms with E-state index in [1.54, 1.807) is 20.3 Å². The van der Waals surface area contributed by atoms with Gasteiger partial charge in [0.1, 0.15) is 11.8 Å². The molecule has 22 heavy (non-hydrogen) atoms. The Balaban J connectivity index is 1.87. The molecule has 0 fully saturated rings. The van der Waals surface area contributed by atoms with Crippen LogP contribution in [0.1, 0.15) is 12.0 Å². The maximum Gasteiger partial charge on any atom is 0.266 e. The number of primary amides is 1. The minimum Gasteiger partial charge on any atom is -0.493 e. The van der Waals surface area contributed by atoms with Crippen molar-refractivity contribution in [3.63, 3.8) is 0 Å². The highest BCUT2D eigenvalue weighted by Crippen LogP contribution is 2.49. The largest absolute Gasteiger partial charge is 0.493 e. The molecule has 8 nitrogen and oxygen atoms in total. The third-order valence-electron chi connectivity index (χ3n) is 3.53. The predicted octanol–water partition coefficient (Wildman–Crippen LogP) is 0.605. The number of oxime groups is 1. The number of nitrogens with zero attached hydrogens (tertiary/aromatic N) is 1. The maximum absolute atomic E-state index is 11.1. The Morgan fingerprint density at radius 3 is 2.77 bits per heavy atom. The normalized spacial score (nSPS) is 18.6. The smallest absolute Gasteiger partial charge is 0.266 e. The lowest BCUT2D eigenvalue weighted by Crippen LogP contribution is -2.23. The average Bonchev–Trinajstić information content (AvgIpc) is 3.15. The van der Waals surface area contributed by atoms with E-state index in [2.05, 4.69) is 5.16 Å². The van der Waals surface area contributed by atoms with E-state index in [0.29, 0.717) is 35.8 Å². The van der Waals surface area contributed by atoms with Gasteiger partial charge < -0.3 is 29.5 Å². The van der Waals surface area contributed by atoms with E-state index < -0.39 is 5.91 Å². The molecule has 1 unspecified atom stereocenters. The molecule has 0 bridgehead atoms. The molecule has 1 aromatic rings. The number of hydrogen-bond donors (Lipinski definition) is 1. The van der Waals surface area contributed by atoms with E-state index in [0.717, 1.165) is 5.56 Å². The Morgan fingerprint density at radius 2 is 2.14 bits per heavy atom. The van der Waals surface area contributed by atoms with Gasteiger partial charge in [-0.05, 0) is 6.07 Å². The van der Waals surface area contributed by atoms with Gasteiger partial charge in [0.25, 0.3) is 5.91 Å². The number of nitrogens with two attached hydrogens (primary N) is 1. The third kappa shape index (κ3) is 2.36. The summed E-state index contributed by atoms with van der Waals surface area (Å²) in [5, 5.41) is 3.70. The molecule has 0 saturated carbocycles. The van der Waals surface area contributed by atoms with Gasteiger partial charge >= 0.3 is 0 Å². The summed E-state index contributed by atoms with van der Waals surface area (Å²) in [5.74, 6) is 1.56. The lowest BCUT2D eigenvalue weighted by molar-refractivity contribution is -0.112. The first-order valence-electron chi connectivity index (χ1n) is 6.70. The number of carbonyl (C=O) groups is 1. The molecule has 3 rings (SSSR count). The quantitative estimate of drug-likeness (QED) is 0.855. The van der Waals surface area contributed by atoms with Crippen molar-refractivity contribution >= 4 is 11.6 Å². The van der Waals surface area contributed by atoms with Gasteiger partial charge in [-0.3, -0.25) is 4.79 Å². The van der Waals surface area contributed by atoms with Crippen LogP contribution in [-0.4, -0.2) is 38.7 Å². The summed E-state index contributed by atoms with van der Waals surface area (Å²) in [5.41, 5.74) is 6.25. The molecule has 0 aliphatic carbocycles. The molecular weight excluding hydrogens is 292 g/mol. The molecule has 0 radical (unpaired) electrons. The van der Waals surface area contributed by atoms with Gasteiger partial charge in [0.2, 0.25) is 18.3 Å². The fraction of sp³-hybridized carbons (Fsp3) is 0.429. The zero-order chi connectivity index (χ0) is 15.7. The SMILES string of the molecule is COc1cc(CC2CC(C(N)=O)=NO2)c(OC)c2c1OCO2. The Hall–Kier alpha value is -2.64. The summed E-state index contributed by atoms with van der Waals surface area (Å²) in [6.07, 6.45) is 0.535. The number of fused-ring (bicyclic) bond motifs is 1. The molecule has 0 aromatic heterocycles. The highest BCUT2D eigenvalue weighted by molar-refractivity contribution is 6.38. The first-order valence-corrected chi connectivity index (χ1v) is 6.70. The van der Waals surface area contributed by atoms with Crippen molar-refractivity contribution in [3.05, 3.63) is 11.6 Å². The van der Waals surface area contributed by atoms with E-state index in [4.69, 9.17) is 29.5 Å². The first-order chi connectivity index (χ1) is 10.6. The van der Waals surface area contributed by atoms with Crippen LogP contribution in [0.3, 0.4) is 0 Å². The zero-order valence-electron chi connectivity index (χ0n) is 12.3. The van der Waals surface area contributed by atoms with Gasteiger partial charge in [-0.25, -0.2) is 0 Å². The number of hydrogen-bond acceptors (Lipinski definition) is 7. The Bertz CT molecular complexity index is 643. The van der Waals surface area contributed by atoms with Crippen LogP contribution in [0.15, 0.2) is 11.2 Å². The summed E-state index contributed by atoms with van der Waals surface area (Å²) in [4.78, 5) is 16.3. The van der Waals surface area contributed by atoms with Gasteiger partial charge in [0.05, 0.1) is 14.2 Å². The van der Waals surface area contributed by atoms with E-state index in [-0.39, 0.29) is 18.6 Å². The van der Waals surface area contributed by atoms with Crippen LogP contribution in [-0.2, 0) is 16.1 Å². The average molecular weight is 308 g/mol. The molecule has 2 aliphatic rings. The van der Waals surface area contributed by atoms with E-state index in [1.165, 1.54) is 0 Å². The number of ether oxygens (including phenoxy) is 4. The molecule has 118 valence electrons. The summed E-state index contributed by atoms with van der Waals surface area (Å²) in [6.45, 7) is 0.111. The molecule has 0 spiro atoms. The Labute approximate surface area is 126 Å². The van der Waals surface area contributed by atoms with Crippen LogP contribution >= 0.6 is 0 Å². The number of amides is 1. The van der Waals surface area contributed by atoms with Crippen molar-refractivity contribution in [1.82, 2.24) is 0 Å². The van der Waals surface area contributed by atoms with Crippen LogP contribution in [0.2, 0.25) is 0 Å². The zero-order valence-corrected chi connectivity index (χ0v) is 12.3. The van der Waals surface area contributed by atoms with Crippen LogP contribution in [0, 0.1) is 0 Å². The summed E-state index contributed by atoms with van der Waals surface area (Å²) < 4.78 is 21.6. The molecule has 1 aromatic carbocycles. The summed E-state index contributed by atoms with van der Waals surface area (Å²) >= 11 is 0. The standard InChI is InChI=1S/C14H16N2O6/c1-18-10-4-7(3-8-5-9(14(15)17)16-22-8)11(19-2)13-12(10)20-6-21-13/h4,8H,3,5-6H2,1-2H3,(H2,15,17). The molecule has 8 heteroatoms. The maximum atomic E-state index is 11.1. The van der Waals surface area contributed by atoms with Crippen molar-refractivity contribution in [2.24, 2.45) is 10.9 Å². The molecule has 2 aliphatic heterocycles. The molecule has 1 amide bonds. The van der Waals surface area contributed by atoms with Crippen LogP contribution in [0.4, 0.5) is 0 Å². The predicted molar refractivity (Wildman–Crippen MR) is 75.5 cm³/mol. The molecule has 2 N–H and O–H groups in total. The fourth-order valence-electron chi connectivity index (χ4n) is 2.52.